The number of hydrogen-bond acceptors (Lipinski definition) is 6. The Morgan fingerprint density at radius 3 is 2.66 bits per heavy atom. The van der Waals surface area contributed by atoms with E-state index < -0.39 is 23.7 Å². The molecular weight excluding hydrogens is 473 g/mol. The fraction of sp³-hybridized carbons (Fsp3) is 0.261. The maximum atomic E-state index is 12.7. The molecule has 0 saturated carbocycles. The third-order valence-electron chi connectivity index (χ3n) is 4.67. The van der Waals surface area contributed by atoms with Crippen molar-refractivity contribution < 1.29 is 23.9 Å². The number of thioether (sulfide) groups is 1. The summed E-state index contributed by atoms with van der Waals surface area (Å²) in [6.07, 6.45) is 1.94. The van der Waals surface area contributed by atoms with Crippen LogP contribution in [0.3, 0.4) is 0 Å². The van der Waals surface area contributed by atoms with Crippen LogP contribution in [0.4, 0.5) is 4.79 Å². The molecule has 0 aliphatic carbocycles. The van der Waals surface area contributed by atoms with Gasteiger partial charge in [-0.2, -0.15) is 0 Å². The van der Waals surface area contributed by atoms with Gasteiger partial charge in [-0.25, -0.2) is 0 Å². The first kappa shape index (κ1) is 24.2. The van der Waals surface area contributed by atoms with Crippen molar-refractivity contribution in [1.29, 1.82) is 0 Å². The fourth-order valence-electron chi connectivity index (χ4n) is 2.78. The van der Waals surface area contributed by atoms with Gasteiger partial charge in [-0.1, -0.05) is 54.4 Å². The summed E-state index contributed by atoms with van der Waals surface area (Å²) < 4.78 is 11.1. The molecule has 1 aliphatic heterocycles. The molecule has 2 aromatic rings. The summed E-state index contributed by atoms with van der Waals surface area (Å²) in [5.41, 5.74) is 1.37. The molecule has 2 amide bonds. The number of esters is 1. The fourth-order valence-corrected chi connectivity index (χ4v) is 4.07. The highest BCUT2D eigenvalue weighted by atomic mass is 35.5. The largest absolute Gasteiger partial charge is 0.488 e. The smallest absolute Gasteiger partial charge is 0.326 e. The number of nitrogens with zero attached hydrogens (tertiary/aromatic N) is 1. The van der Waals surface area contributed by atoms with Crippen molar-refractivity contribution in [3.8, 4) is 5.75 Å². The first-order valence-electron chi connectivity index (χ1n) is 9.89. The summed E-state index contributed by atoms with van der Waals surface area (Å²) in [5.74, 6) is -0.648. The number of amides is 2. The predicted octanol–water partition coefficient (Wildman–Crippen LogP) is 5.95. The molecule has 9 heteroatoms. The van der Waals surface area contributed by atoms with Crippen molar-refractivity contribution in [1.82, 2.24) is 4.90 Å². The van der Waals surface area contributed by atoms with E-state index in [4.69, 9.17) is 32.7 Å². The molecule has 1 atom stereocenters. The van der Waals surface area contributed by atoms with E-state index in [9.17, 15) is 14.4 Å². The van der Waals surface area contributed by atoms with Crippen LogP contribution in [-0.2, 0) is 20.9 Å². The van der Waals surface area contributed by atoms with E-state index in [0.29, 0.717) is 27.8 Å². The van der Waals surface area contributed by atoms with Crippen LogP contribution in [-0.4, -0.2) is 34.7 Å². The second-order valence-corrected chi connectivity index (χ2v) is 8.88. The SMILES string of the molecule is CC[C@H](C)OC(=O)CN1C(=O)S/C(=C/c2ccccc2OCc2ccc(Cl)cc2Cl)C1=O. The summed E-state index contributed by atoms with van der Waals surface area (Å²) in [5, 5.41) is 0.497. The Morgan fingerprint density at radius 1 is 1.19 bits per heavy atom. The molecule has 3 rings (SSSR count). The topological polar surface area (TPSA) is 72.9 Å². The van der Waals surface area contributed by atoms with Gasteiger partial charge in [0.2, 0.25) is 0 Å². The molecular formula is C23H21Cl2NO5S. The predicted molar refractivity (Wildman–Crippen MR) is 126 cm³/mol. The van der Waals surface area contributed by atoms with Gasteiger partial charge in [0.05, 0.1) is 11.0 Å². The molecule has 1 saturated heterocycles. The molecule has 0 N–H and O–H groups in total. The van der Waals surface area contributed by atoms with Crippen molar-refractivity contribution in [3.05, 3.63) is 68.5 Å². The van der Waals surface area contributed by atoms with Gasteiger partial charge in [0.1, 0.15) is 18.9 Å². The summed E-state index contributed by atoms with van der Waals surface area (Å²) >= 11 is 12.9. The average Bonchev–Trinajstić information content (AvgIpc) is 3.01. The number of para-hydroxylation sites is 1. The molecule has 2 aromatic carbocycles. The first-order valence-corrected chi connectivity index (χ1v) is 11.5. The lowest BCUT2D eigenvalue weighted by molar-refractivity contribution is -0.150. The number of benzene rings is 2. The Balaban J connectivity index is 1.73. The molecule has 0 aromatic heterocycles. The van der Waals surface area contributed by atoms with Crippen LogP contribution in [0.5, 0.6) is 5.75 Å². The number of ether oxygens (including phenoxy) is 2. The van der Waals surface area contributed by atoms with Crippen LogP contribution in [0.25, 0.3) is 6.08 Å². The molecule has 0 bridgehead atoms. The molecule has 32 heavy (non-hydrogen) atoms. The summed E-state index contributed by atoms with van der Waals surface area (Å²) in [4.78, 5) is 38.1. The second-order valence-electron chi connectivity index (χ2n) is 7.04. The van der Waals surface area contributed by atoms with Gasteiger partial charge in [-0.15, -0.1) is 0 Å². The molecule has 0 spiro atoms. The minimum Gasteiger partial charge on any atom is -0.488 e. The maximum Gasteiger partial charge on any atom is 0.326 e. The highest BCUT2D eigenvalue weighted by Crippen LogP contribution is 2.34. The van der Waals surface area contributed by atoms with E-state index in [0.717, 1.165) is 22.2 Å². The minimum atomic E-state index is -0.619. The maximum absolute atomic E-state index is 12.7. The third-order valence-corrected chi connectivity index (χ3v) is 6.17. The van der Waals surface area contributed by atoms with Crippen molar-refractivity contribution in [2.24, 2.45) is 0 Å². The highest BCUT2D eigenvalue weighted by Gasteiger charge is 2.37. The van der Waals surface area contributed by atoms with Crippen molar-refractivity contribution in [3.63, 3.8) is 0 Å². The lowest BCUT2D eigenvalue weighted by atomic mass is 10.1. The van der Waals surface area contributed by atoms with Gasteiger partial charge in [-0.3, -0.25) is 19.3 Å². The van der Waals surface area contributed by atoms with Crippen LogP contribution >= 0.6 is 35.0 Å². The Kier molecular flexibility index (Phi) is 8.23. The van der Waals surface area contributed by atoms with Gasteiger partial charge in [0, 0.05) is 21.2 Å². The summed E-state index contributed by atoms with van der Waals surface area (Å²) in [6, 6.07) is 12.2. The van der Waals surface area contributed by atoms with E-state index >= 15 is 0 Å². The number of halogens is 2. The zero-order valence-corrected chi connectivity index (χ0v) is 19.8. The van der Waals surface area contributed by atoms with Gasteiger partial charge in [0.15, 0.2) is 0 Å². The molecule has 1 fully saturated rings. The number of rotatable bonds is 8. The third kappa shape index (κ3) is 6.06. The summed E-state index contributed by atoms with van der Waals surface area (Å²) in [6.45, 7) is 3.41. The van der Waals surface area contributed by atoms with Gasteiger partial charge in [0.25, 0.3) is 11.1 Å². The van der Waals surface area contributed by atoms with Crippen LogP contribution in [0.1, 0.15) is 31.4 Å². The Morgan fingerprint density at radius 2 is 1.94 bits per heavy atom. The lowest BCUT2D eigenvalue weighted by Gasteiger charge is -2.15. The van der Waals surface area contributed by atoms with E-state index in [1.54, 1.807) is 55.5 Å². The Bertz CT molecular complexity index is 1070. The highest BCUT2D eigenvalue weighted by molar-refractivity contribution is 8.18. The van der Waals surface area contributed by atoms with Gasteiger partial charge in [-0.05, 0) is 49.4 Å². The lowest BCUT2D eigenvalue weighted by Crippen LogP contribution is -2.35. The monoisotopic (exact) mass is 493 g/mol. The van der Waals surface area contributed by atoms with Crippen molar-refractivity contribution in [2.45, 2.75) is 33.0 Å². The first-order chi connectivity index (χ1) is 15.3. The van der Waals surface area contributed by atoms with Crippen LogP contribution < -0.4 is 4.74 Å². The number of hydrogen-bond donors (Lipinski definition) is 0. The minimum absolute atomic E-state index is 0.198. The molecule has 1 heterocycles. The normalized spacial score (nSPS) is 15.9. The quantitative estimate of drug-likeness (QED) is 0.334. The zero-order valence-electron chi connectivity index (χ0n) is 17.5. The Labute approximate surface area is 200 Å². The second kappa shape index (κ2) is 10.9. The molecule has 168 valence electrons. The molecule has 0 radical (unpaired) electrons. The van der Waals surface area contributed by atoms with Gasteiger partial charge < -0.3 is 9.47 Å². The van der Waals surface area contributed by atoms with E-state index in [1.807, 2.05) is 6.92 Å². The van der Waals surface area contributed by atoms with Crippen LogP contribution in [0.15, 0.2) is 47.4 Å². The van der Waals surface area contributed by atoms with Crippen LogP contribution in [0, 0.1) is 0 Å². The molecule has 1 aliphatic rings. The van der Waals surface area contributed by atoms with E-state index in [1.165, 1.54) is 0 Å². The van der Waals surface area contributed by atoms with Gasteiger partial charge >= 0.3 is 5.97 Å². The molecule has 6 nitrogen and oxygen atoms in total. The van der Waals surface area contributed by atoms with E-state index in [2.05, 4.69) is 0 Å². The van der Waals surface area contributed by atoms with Crippen molar-refractivity contribution >= 4 is 58.2 Å². The summed E-state index contributed by atoms with van der Waals surface area (Å²) in [7, 11) is 0. The Hall–Kier alpha value is -2.48. The van der Waals surface area contributed by atoms with E-state index in [-0.39, 0.29) is 17.6 Å². The van der Waals surface area contributed by atoms with Crippen LogP contribution in [0.2, 0.25) is 10.0 Å². The number of imide groups is 1. The average molecular weight is 494 g/mol. The molecule has 0 unspecified atom stereocenters. The number of carbonyl (C=O) groups excluding carboxylic acids is 3. The standard InChI is InChI=1S/C23H21Cl2NO5S/c1-3-14(2)31-21(27)12-26-22(28)20(32-23(26)29)10-15-6-4-5-7-19(15)30-13-16-8-9-17(24)11-18(16)25/h4-11,14H,3,12-13H2,1-2H3/b20-10+/t14-/m0/s1. The van der Waals surface area contributed by atoms with Crippen molar-refractivity contribution in [2.75, 3.05) is 6.54 Å². The number of carbonyl (C=O) groups is 3. The zero-order chi connectivity index (χ0) is 23.3.